The molecule has 0 saturated carbocycles. The molecule has 0 radical (unpaired) electrons. The number of halogens is 1. The van der Waals surface area contributed by atoms with Crippen LogP contribution in [0.4, 0.5) is 9.57 Å². The van der Waals surface area contributed by atoms with Crippen LogP contribution in [0.2, 0.25) is 0 Å². The minimum atomic E-state index is -4.57. The molecule has 0 spiro atoms. The number of hydrogen-bond donors (Lipinski definition) is 1. The Kier molecular flexibility index (Phi) is 2.97. The summed E-state index contributed by atoms with van der Waals surface area (Å²) in [5.41, 5.74) is 1.46. The highest BCUT2D eigenvalue weighted by Gasteiger charge is 2.34. The maximum Gasteiger partial charge on any atom is 0.302 e. The SMILES string of the molecule is O=C1CC(CS(=O)(=O)F)CN1c1cccc2[nH]ncc12. The summed E-state index contributed by atoms with van der Waals surface area (Å²) in [6.45, 7) is 0.201. The van der Waals surface area contributed by atoms with Gasteiger partial charge in [0.1, 0.15) is 0 Å². The van der Waals surface area contributed by atoms with E-state index in [-0.39, 0.29) is 18.9 Å². The zero-order chi connectivity index (χ0) is 14.3. The molecular formula is C12H12FN3O3S. The van der Waals surface area contributed by atoms with E-state index in [1.807, 2.05) is 6.07 Å². The third kappa shape index (κ3) is 2.38. The lowest BCUT2D eigenvalue weighted by Crippen LogP contribution is -2.25. The van der Waals surface area contributed by atoms with Crippen molar-refractivity contribution < 1.29 is 17.1 Å². The van der Waals surface area contributed by atoms with Crippen molar-refractivity contribution in [1.29, 1.82) is 0 Å². The number of aromatic nitrogens is 2. The summed E-state index contributed by atoms with van der Waals surface area (Å²) in [7, 11) is -4.57. The molecule has 1 atom stereocenters. The zero-order valence-corrected chi connectivity index (χ0v) is 11.2. The number of benzene rings is 1. The Morgan fingerprint density at radius 1 is 1.45 bits per heavy atom. The molecule has 0 aliphatic carbocycles. The summed E-state index contributed by atoms with van der Waals surface area (Å²) in [5, 5.41) is 7.50. The molecule has 20 heavy (non-hydrogen) atoms. The Morgan fingerprint density at radius 3 is 3.00 bits per heavy atom. The van der Waals surface area contributed by atoms with Crippen LogP contribution in [0.15, 0.2) is 24.4 Å². The van der Waals surface area contributed by atoms with Crippen LogP contribution >= 0.6 is 0 Å². The van der Waals surface area contributed by atoms with E-state index >= 15 is 0 Å². The number of hydrogen-bond acceptors (Lipinski definition) is 4. The Hall–Kier alpha value is -1.96. The highest BCUT2D eigenvalue weighted by molar-refractivity contribution is 7.86. The number of rotatable bonds is 3. The van der Waals surface area contributed by atoms with Gasteiger partial charge in [-0.1, -0.05) is 6.07 Å². The van der Waals surface area contributed by atoms with Crippen LogP contribution in [0.5, 0.6) is 0 Å². The number of anilines is 1. The zero-order valence-electron chi connectivity index (χ0n) is 10.4. The fraction of sp³-hybridized carbons (Fsp3) is 0.333. The van der Waals surface area contributed by atoms with Crippen molar-refractivity contribution in [1.82, 2.24) is 10.2 Å². The summed E-state index contributed by atoms with van der Waals surface area (Å²) in [4.78, 5) is 13.5. The van der Waals surface area contributed by atoms with E-state index in [0.717, 1.165) is 10.9 Å². The van der Waals surface area contributed by atoms with E-state index in [4.69, 9.17) is 0 Å². The van der Waals surface area contributed by atoms with Crippen molar-refractivity contribution in [3.05, 3.63) is 24.4 Å². The molecule has 1 amide bonds. The summed E-state index contributed by atoms with van der Waals surface area (Å²) in [6, 6.07) is 5.38. The first-order chi connectivity index (χ1) is 9.44. The molecule has 3 rings (SSSR count). The van der Waals surface area contributed by atoms with Gasteiger partial charge >= 0.3 is 10.2 Å². The Balaban J connectivity index is 1.91. The number of H-pyrrole nitrogens is 1. The maximum absolute atomic E-state index is 12.7. The van der Waals surface area contributed by atoms with Gasteiger partial charge in [0, 0.05) is 24.3 Å². The Bertz CT molecular complexity index is 771. The van der Waals surface area contributed by atoms with Gasteiger partial charge in [-0.05, 0) is 12.1 Å². The van der Waals surface area contributed by atoms with Gasteiger partial charge < -0.3 is 4.90 Å². The molecule has 106 valence electrons. The Morgan fingerprint density at radius 2 is 2.25 bits per heavy atom. The molecule has 6 nitrogen and oxygen atoms in total. The van der Waals surface area contributed by atoms with Crippen molar-refractivity contribution in [2.75, 3.05) is 17.2 Å². The second-order valence-electron chi connectivity index (χ2n) is 4.89. The van der Waals surface area contributed by atoms with Crippen LogP contribution in [0.1, 0.15) is 6.42 Å². The number of nitrogens with one attached hydrogen (secondary N) is 1. The highest BCUT2D eigenvalue weighted by Crippen LogP contribution is 2.31. The quantitative estimate of drug-likeness (QED) is 0.863. The van der Waals surface area contributed by atoms with Crippen LogP contribution in [0.3, 0.4) is 0 Å². The fourth-order valence-corrected chi connectivity index (χ4v) is 3.38. The minimum Gasteiger partial charge on any atom is -0.311 e. The second-order valence-corrected chi connectivity index (χ2v) is 6.30. The molecule has 2 heterocycles. The first-order valence-electron chi connectivity index (χ1n) is 6.09. The lowest BCUT2D eigenvalue weighted by molar-refractivity contribution is -0.117. The largest absolute Gasteiger partial charge is 0.311 e. The van der Waals surface area contributed by atoms with Gasteiger partial charge in [0.2, 0.25) is 5.91 Å². The summed E-state index contributed by atoms with van der Waals surface area (Å²) < 4.78 is 34.1. The molecule has 8 heteroatoms. The molecule has 1 saturated heterocycles. The van der Waals surface area contributed by atoms with Gasteiger partial charge in [-0.2, -0.15) is 13.5 Å². The van der Waals surface area contributed by atoms with Crippen LogP contribution < -0.4 is 4.90 Å². The number of amides is 1. The van der Waals surface area contributed by atoms with Crippen molar-refractivity contribution in [2.24, 2.45) is 5.92 Å². The van der Waals surface area contributed by atoms with Crippen LogP contribution in [0.25, 0.3) is 10.9 Å². The van der Waals surface area contributed by atoms with E-state index in [1.54, 1.807) is 18.3 Å². The van der Waals surface area contributed by atoms with E-state index < -0.39 is 21.9 Å². The van der Waals surface area contributed by atoms with Crippen LogP contribution in [-0.2, 0) is 15.0 Å². The van der Waals surface area contributed by atoms with Gasteiger partial charge in [-0.15, -0.1) is 3.89 Å². The average Bonchev–Trinajstić information content (AvgIpc) is 2.93. The lowest BCUT2D eigenvalue weighted by Gasteiger charge is -2.17. The topological polar surface area (TPSA) is 83.1 Å². The predicted molar refractivity (Wildman–Crippen MR) is 71.4 cm³/mol. The molecule has 1 aliphatic rings. The molecule has 0 bridgehead atoms. The second kappa shape index (κ2) is 4.55. The Labute approximate surface area is 114 Å². The number of carbonyl (C=O) groups excluding carboxylic acids is 1. The van der Waals surface area contributed by atoms with Crippen LogP contribution in [-0.4, -0.2) is 36.8 Å². The van der Waals surface area contributed by atoms with Gasteiger partial charge in [0.25, 0.3) is 0 Å². The normalized spacial score (nSPS) is 19.9. The molecule has 1 aromatic carbocycles. The predicted octanol–water partition coefficient (Wildman–Crippen LogP) is 1.22. The summed E-state index contributed by atoms with van der Waals surface area (Å²) in [6.07, 6.45) is 1.65. The standard InChI is InChI=1S/C12H12FN3O3S/c13-20(18,19)7-8-4-12(17)16(6-8)11-3-1-2-10-9(11)5-14-15-10/h1-3,5,8H,4,6-7H2,(H,14,15). The van der Waals surface area contributed by atoms with Crippen molar-refractivity contribution >= 4 is 32.7 Å². The third-order valence-corrected chi connectivity index (χ3v) is 4.26. The van der Waals surface area contributed by atoms with Gasteiger partial charge in [-0.25, -0.2) is 0 Å². The smallest absolute Gasteiger partial charge is 0.302 e. The monoisotopic (exact) mass is 297 g/mol. The molecule has 1 fully saturated rings. The van der Waals surface area contributed by atoms with Gasteiger partial charge in [0.05, 0.1) is 23.2 Å². The van der Waals surface area contributed by atoms with Crippen LogP contribution in [0, 0.1) is 5.92 Å². The van der Waals surface area contributed by atoms with Crippen molar-refractivity contribution in [2.45, 2.75) is 6.42 Å². The van der Waals surface area contributed by atoms with E-state index in [0.29, 0.717) is 5.69 Å². The maximum atomic E-state index is 12.7. The molecule has 1 unspecified atom stereocenters. The van der Waals surface area contributed by atoms with E-state index in [1.165, 1.54) is 4.90 Å². The number of carbonyl (C=O) groups is 1. The molecular weight excluding hydrogens is 285 g/mol. The third-order valence-electron chi connectivity index (χ3n) is 3.39. The number of fused-ring (bicyclic) bond motifs is 1. The lowest BCUT2D eigenvalue weighted by atomic mass is 10.1. The van der Waals surface area contributed by atoms with Gasteiger partial charge in [-0.3, -0.25) is 9.89 Å². The first kappa shape index (κ1) is 13.0. The highest BCUT2D eigenvalue weighted by atomic mass is 32.3. The molecule has 1 N–H and O–H groups in total. The first-order valence-corrected chi connectivity index (χ1v) is 7.64. The summed E-state index contributed by atoms with van der Waals surface area (Å²) in [5.74, 6) is -1.33. The molecule has 2 aromatic rings. The van der Waals surface area contributed by atoms with E-state index in [2.05, 4.69) is 10.2 Å². The average molecular weight is 297 g/mol. The fourth-order valence-electron chi connectivity index (χ4n) is 2.60. The molecule has 1 aliphatic heterocycles. The van der Waals surface area contributed by atoms with Gasteiger partial charge in [0.15, 0.2) is 0 Å². The number of nitrogens with zero attached hydrogens (tertiary/aromatic N) is 2. The van der Waals surface area contributed by atoms with Crippen molar-refractivity contribution in [3.8, 4) is 0 Å². The number of aromatic amines is 1. The molecule has 1 aromatic heterocycles. The van der Waals surface area contributed by atoms with E-state index in [9.17, 15) is 17.1 Å². The minimum absolute atomic E-state index is 0.0391. The van der Waals surface area contributed by atoms with Crippen molar-refractivity contribution in [3.63, 3.8) is 0 Å². The summed E-state index contributed by atoms with van der Waals surface area (Å²) >= 11 is 0.